The van der Waals surface area contributed by atoms with E-state index in [0.717, 1.165) is 46.6 Å². The van der Waals surface area contributed by atoms with Gasteiger partial charge in [0.05, 0.1) is 31.0 Å². The molecular weight excluding hydrogens is 342 g/mol. The first kappa shape index (κ1) is 17.5. The van der Waals surface area contributed by atoms with E-state index in [2.05, 4.69) is 21.4 Å². The van der Waals surface area contributed by atoms with E-state index in [1.807, 2.05) is 44.2 Å². The molecule has 0 spiro atoms. The Morgan fingerprint density at radius 3 is 2.78 bits per heavy atom. The van der Waals surface area contributed by atoms with Gasteiger partial charge in [0.2, 0.25) is 5.91 Å². The third-order valence-corrected chi connectivity index (χ3v) is 4.84. The number of nitrogens with zero attached hydrogens (tertiary/aromatic N) is 2. The number of morpholine rings is 1. The van der Waals surface area contributed by atoms with Crippen LogP contribution in [-0.2, 0) is 16.0 Å². The number of hydrogen-bond donors (Lipinski definition) is 1. The highest BCUT2D eigenvalue weighted by atomic mass is 16.5. The summed E-state index contributed by atoms with van der Waals surface area (Å²) in [6, 6.07) is 11.9. The van der Waals surface area contributed by atoms with Gasteiger partial charge in [-0.25, -0.2) is 0 Å². The van der Waals surface area contributed by atoms with Crippen molar-refractivity contribution in [3.8, 4) is 0 Å². The Balaban J connectivity index is 1.54. The second-order valence-corrected chi connectivity index (χ2v) is 6.93. The van der Waals surface area contributed by atoms with Crippen molar-refractivity contribution >= 4 is 28.3 Å². The highest BCUT2D eigenvalue weighted by Crippen LogP contribution is 2.28. The van der Waals surface area contributed by atoms with Gasteiger partial charge in [-0.05, 0) is 43.2 Å². The molecule has 0 unspecified atom stereocenters. The number of hydrogen-bond acceptors (Lipinski definition) is 5. The fraction of sp³-hybridized carbons (Fsp3) is 0.333. The average Bonchev–Trinajstić information content (AvgIpc) is 3.05. The lowest BCUT2D eigenvalue weighted by molar-refractivity contribution is -0.115. The number of fused-ring (bicyclic) bond motifs is 1. The Morgan fingerprint density at radius 2 is 1.96 bits per heavy atom. The standard InChI is InChI=1S/C21H23N3O3/c1-14-11-15(2)21-17(23-27-19(21)12-14)13-20(25)22-16-5-3-4-6-18(16)24-7-9-26-10-8-24/h3-6,11-12H,7-10,13H2,1-2H3,(H,22,25). The fourth-order valence-electron chi connectivity index (χ4n) is 3.65. The van der Waals surface area contributed by atoms with Crippen molar-refractivity contribution in [2.75, 3.05) is 36.5 Å². The molecule has 2 aromatic carbocycles. The Kier molecular flexibility index (Phi) is 4.81. The van der Waals surface area contributed by atoms with Crippen molar-refractivity contribution in [2.24, 2.45) is 0 Å². The highest BCUT2D eigenvalue weighted by Gasteiger charge is 2.18. The number of carbonyl (C=O) groups is 1. The molecule has 3 aromatic rings. The van der Waals surface area contributed by atoms with Crippen LogP contribution in [0.4, 0.5) is 11.4 Å². The maximum Gasteiger partial charge on any atom is 0.230 e. The van der Waals surface area contributed by atoms with Crippen molar-refractivity contribution in [1.29, 1.82) is 0 Å². The van der Waals surface area contributed by atoms with E-state index in [1.165, 1.54) is 0 Å². The van der Waals surface area contributed by atoms with Crippen LogP contribution < -0.4 is 10.2 Å². The zero-order valence-corrected chi connectivity index (χ0v) is 15.6. The van der Waals surface area contributed by atoms with Crippen LogP contribution in [0.25, 0.3) is 11.0 Å². The molecule has 0 aliphatic carbocycles. The van der Waals surface area contributed by atoms with E-state index in [1.54, 1.807) is 0 Å². The zero-order chi connectivity index (χ0) is 18.8. The predicted octanol–water partition coefficient (Wildman–Crippen LogP) is 3.46. The van der Waals surface area contributed by atoms with Crippen LogP contribution in [0.2, 0.25) is 0 Å². The van der Waals surface area contributed by atoms with Crippen molar-refractivity contribution in [1.82, 2.24) is 5.16 Å². The molecular formula is C21H23N3O3. The maximum absolute atomic E-state index is 12.7. The molecule has 0 bridgehead atoms. The Morgan fingerprint density at radius 1 is 1.19 bits per heavy atom. The van der Waals surface area contributed by atoms with Crippen LogP contribution in [0, 0.1) is 13.8 Å². The average molecular weight is 365 g/mol. The van der Waals surface area contributed by atoms with Crippen molar-refractivity contribution in [2.45, 2.75) is 20.3 Å². The monoisotopic (exact) mass is 365 g/mol. The molecule has 4 rings (SSSR count). The molecule has 6 heteroatoms. The molecule has 27 heavy (non-hydrogen) atoms. The topological polar surface area (TPSA) is 67.6 Å². The third kappa shape index (κ3) is 3.66. The number of ether oxygens (including phenoxy) is 1. The Bertz CT molecular complexity index is 974. The summed E-state index contributed by atoms with van der Waals surface area (Å²) >= 11 is 0. The number of aryl methyl sites for hydroxylation is 2. The first-order valence-electron chi connectivity index (χ1n) is 9.19. The second-order valence-electron chi connectivity index (χ2n) is 6.93. The summed E-state index contributed by atoms with van der Waals surface area (Å²) in [4.78, 5) is 14.9. The SMILES string of the molecule is Cc1cc(C)c2c(CC(=O)Nc3ccccc3N3CCOCC3)noc2c1. The third-order valence-electron chi connectivity index (χ3n) is 4.84. The lowest BCUT2D eigenvalue weighted by atomic mass is 10.0. The van der Waals surface area contributed by atoms with Gasteiger partial charge in [0, 0.05) is 18.5 Å². The smallest absolute Gasteiger partial charge is 0.230 e. The van der Waals surface area contributed by atoms with E-state index in [0.29, 0.717) is 18.9 Å². The Hall–Kier alpha value is -2.86. The molecule has 1 fully saturated rings. The summed E-state index contributed by atoms with van der Waals surface area (Å²) in [7, 11) is 0. The van der Waals surface area contributed by atoms with E-state index < -0.39 is 0 Å². The molecule has 1 aliphatic heterocycles. The second kappa shape index (κ2) is 7.40. The van der Waals surface area contributed by atoms with Gasteiger partial charge in [0.25, 0.3) is 0 Å². The van der Waals surface area contributed by atoms with Crippen molar-refractivity contribution < 1.29 is 14.1 Å². The number of rotatable bonds is 4. The Labute approximate surface area is 158 Å². The van der Waals surface area contributed by atoms with Crippen molar-refractivity contribution in [3.05, 3.63) is 53.2 Å². The number of aromatic nitrogens is 1. The number of anilines is 2. The quantitative estimate of drug-likeness (QED) is 0.767. The molecule has 6 nitrogen and oxygen atoms in total. The fourth-order valence-corrected chi connectivity index (χ4v) is 3.65. The molecule has 140 valence electrons. The first-order valence-corrected chi connectivity index (χ1v) is 9.19. The minimum absolute atomic E-state index is 0.106. The number of carbonyl (C=O) groups excluding carboxylic acids is 1. The van der Waals surface area contributed by atoms with E-state index in [-0.39, 0.29) is 12.3 Å². The van der Waals surface area contributed by atoms with Gasteiger partial charge < -0.3 is 19.5 Å². The number of amides is 1. The molecule has 1 amide bonds. The first-order chi connectivity index (χ1) is 13.1. The highest BCUT2D eigenvalue weighted by molar-refractivity contribution is 5.97. The van der Waals surface area contributed by atoms with Gasteiger partial charge in [-0.3, -0.25) is 4.79 Å². The minimum Gasteiger partial charge on any atom is -0.378 e. The zero-order valence-electron chi connectivity index (χ0n) is 15.6. The summed E-state index contributed by atoms with van der Waals surface area (Å²) in [6.45, 7) is 7.07. The molecule has 1 aliphatic rings. The lowest BCUT2D eigenvalue weighted by Gasteiger charge is -2.30. The lowest BCUT2D eigenvalue weighted by Crippen LogP contribution is -2.36. The molecule has 1 saturated heterocycles. The van der Waals surface area contributed by atoms with E-state index >= 15 is 0 Å². The van der Waals surface area contributed by atoms with Gasteiger partial charge in [-0.1, -0.05) is 23.4 Å². The van der Waals surface area contributed by atoms with Gasteiger partial charge in [0.1, 0.15) is 5.69 Å². The maximum atomic E-state index is 12.7. The van der Waals surface area contributed by atoms with Gasteiger partial charge in [-0.2, -0.15) is 0 Å². The largest absolute Gasteiger partial charge is 0.378 e. The van der Waals surface area contributed by atoms with Gasteiger partial charge in [-0.15, -0.1) is 0 Å². The van der Waals surface area contributed by atoms with Crippen LogP contribution in [0.3, 0.4) is 0 Å². The van der Waals surface area contributed by atoms with Gasteiger partial charge in [0.15, 0.2) is 5.58 Å². The summed E-state index contributed by atoms with van der Waals surface area (Å²) < 4.78 is 10.9. The number of benzene rings is 2. The molecule has 1 N–H and O–H groups in total. The summed E-state index contributed by atoms with van der Waals surface area (Å²) in [6.07, 6.45) is 0.175. The van der Waals surface area contributed by atoms with Crippen LogP contribution in [-0.4, -0.2) is 37.4 Å². The summed E-state index contributed by atoms with van der Waals surface area (Å²) in [5, 5.41) is 8.09. The van der Waals surface area contributed by atoms with Crippen LogP contribution in [0.15, 0.2) is 40.9 Å². The summed E-state index contributed by atoms with van der Waals surface area (Å²) in [5.41, 5.74) is 5.41. The molecule has 0 radical (unpaired) electrons. The van der Waals surface area contributed by atoms with Crippen molar-refractivity contribution in [3.63, 3.8) is 0 Å². The van der Waals surface area contributed by atoms with Crippen LogP contribution >= 0.6 is 0 Å². The number of para-hydroxylation sites is 2. The summed E-state index contributed by atoms with van der Waals surface area (Å²) in [5.74, 6) is -0.106. The predicted molar refractivity (Wildman–Crippen MR) is 105 cm³/mol. The molecule has 1 aromatic heterocycles. The van der Waals surface area contributed by atoms with Crippen LogP contribution in [0.1, 0.15) is 16.8 Å². The van der Waals surface area contributed by atoms with Crippen LogP contribution in [0.5, 0.6) is 0 Å². The molecule has 0 saturated carbocycles. The molecule has 0 atom stereocenters. The normalized spacial score (nSPS) is 14.5. The van der Waals surface area contributed by atoms with E-state index in [9.17, 15) is 4.79 Å². The van der Waals surface area contributed by atoms with Gasteiger partial charge >= 0.3 is 0 Å². The van der Waals surface area contributed by atoms with E-state index in [4.69, 9.17) is 9.26 Å². The minimum atomic E-state index is -0.106. The molecule has 2 heterocycles. The number of nitrogens with one attached hydrogen (secondary N) is 1.